The molecule has 0 spiro atoms. The van der Waals surface area contributed by atoms with E-state index in [0.717, 1.165) is 89.6 Å². The fourth-order valence-corrected chi connectivity index (χ4v) is 6.09. The summed E-state index contributed by atoms with van der Waals surface area (Å²) in [6.07, 6.45) is 6.15. The van der Waals surface area contributed by atoms with Gasteiger partial charge in [-0.1, -0.05) is 62.6 Å². The van der Waals surface area contributed by atoms with E-state index < -0.39 is 0 Å². The van der Waals surface area contributed by atoms with E-state index in [0.29, 0.717) is 17.7 Å². The van der Waals surface area contributed by atoms with Gasteiger partial charge >= 0.3 is 0 Å². The van der Waals surface area contributed by atoms with E-state index >= 15 is 0 Å². The van der Waals surface area contributed by atoms with Crippen molar-refractivity contribution in [1.29, 1.82) is 0 Å². The number of carbonyl (C=O) groups excluding carboxylic acids is 2. The van der Waals surface area contributed by atoms with Crippen molar-refractivity contribution >= 4 is 73.0 Å². The minimum absolute atomic E-state index is 0. The lowest BCUT2D eigenvalue weighted by Crippen LogP contribution is -2.40. The summed E-state index contributed by atoms with van der Waals surface area (Å²) in [5.41, 5.74) is 8.05. The molecule has 0 aliphatic carbocycles. The highest BCUT2D eigenvalue weighted by Crippen LogP contribution is 2.45. The number of halogens is 1. The Hall–Kier alpha value is -3.41. The summed E-state index contributed by atoms with van der Waals surface area (Å²) in [5, 5.41) is 12.4. The van der Waals surface area contributed by atoms with Crippen molar-refractivity contribution in [1.82, 2.24) is 4.90 Å². The fourth-order valence-electron chi connectivity index (χ4n) is 6.09. The highest BCUT2D eigenvalue weighted by molar-refractivity contribution is 6.38. The first-order valence-corrected chi connectivity index (χ1v) is 13.6. The minimum Gasteiger partial charge on any atom is -0.385 e. The summed E-state index contributed by atoms with van der Waals surface area (Å²) in [7, 11) is 0. The quantitative estimate of drug-likeness (QED) is 0.0853. The zero-order chi connectivity index (χ0) is 25.5. The number of fused-ring (bicyclic) bond motifs is 2. The third-order valence-corrected chi connectivity index (χ3v) is 7.91. The number of nitrogens with one attached hydrogen (secondary N) is 1. The van der Waals surface area contributed by atoms with Gasteiger partial charge in [0.2, 0.25) is 0 Å². The molecule has 5 aromatic carbocycles. The van der Waals surface area contributed by atoms with E-state index in [4.69, 9.17) is 5.73 Å². The number of nitrogens with zero attached hydrogens (tertiary/aromatic N) is 1. The molecule has 0 fully saturated rings. The Kier molecular flexibility index (Phi) is 7.42. The molecule has 38 heavy (non-hydrogen) atoms. The molecule has 5 aromatic rings. The lowest BCUT2D eigenvalue weighted by Gasteiger charge is -2.28. The molecule has 6 heteroatoms. The maximum atomic E-state index is 13.5. The zero-order valence-corrected chi connectivity index (χ0v) is 22.6. The lowest BCUT2D eigenvalue weighted by molar-refractivity contribution is 0.0608. The van der Waals surface area contributed by atoms with Gasteiger partial charge in [-0.2, -0.15) is 0 Å². The zero-order valence-electron chi connectivity index (χ0n) is 21.8. The monoisotopic (exact) mass is 527 g/mol. The van der Waals surface area contributed by atoms with E-state index in [2.05, 4.69) is 54.7 Å². The molecular formula is C32H34ClN3O2. The van der Waals surface area contributed by atoms with E-state index in [-0.39, 0.29) is 24.2 Å². The van der Waals surface area contributed by atoms with Crippen molar-refractivity contribution in [2.75, 3.05) is 25.0 Å². The van der Waals surface area contributed by atoms with Crippen LogP contribution < -0.4 is 11.1 Å². The third kappa shape index (κ3) is 4.05. The van der Waals surface area contributed by atoms with Gasteiger partial charge in [0.15, 0.2) is 0 Å². The maximum Gasteiger partial charge on any atom is 0.261 e. The predicted molar refractivity (Wildman–Crippen MR) is 161 cm³/mol. The van der Waals surface area contributed by atoms with Crippen molar-refractivity contribution in [2.45, 2.75) is 45.4 Å². The Morgan fingerprint density at radius 2 is 1.32 bits per heavy atom. The number of rotatable bonds is 10. The molecule has 2 amide bonds. The molecule has 0 radical (unpaired) electrons. The van der Waals surface area contributed by atoms with Crippen molar-refractivity contribution in [3.8, 4) is 0 Å². The van der Waals surface area contributed by atoms with Gasteiger partial charge in [0.05, 0.1) is 0 Å². The number of benzene rings is 5. The molecule has 1 aliphatic rings. The van der Waals surface area contributed by atoms with E-state index in [1.807, 2.05) is 12.1 Å². The van der Waals surface area contributed by atoms with Crippen LogP contribution in [-0.2, 0) is 0 Å². The molecule has 6 rings (SSSR count). The fraction of sp³-hybridized carbons (Fsp3) is 0.312. The molecule has 196 valence electrons. The summed E-state index contributed by atoms with van der Waals surface area (Å²) in [6.45, 7) is 4.25. The van der Waals surface area contributed by atoms with Crippen LogP contribution in [0, 0.1) is 0 Å². The van der Waals surface area contributed by atoms with E-state index in [1.54, 1.807) is 0 Å². The van der Waals surface area contributed by atoms with Crippen molar-refractivity contribution in [3.63, 3.8) is 0 Å². The lowest BCUT2D eigenvalue weighted by atomic mass is 9.84. The highest BCUT2D eigenvalue weighted by atomic mass is 35.5. The Bertz CT molecular complexity index is 1590. The number of carbonyl (C=O) groups is 2. The summed E-state index contributed by atoms with van der Waals surface area (Å²) in [5.74, 6) is -0.342. The van der Waals surface area contributed by atoms with Crippen LogP contribution in [0.25, 0.3) is 43.1 Å². The van der Waals surface area contributed by atoms with Crippen LogP contribution in [0.5, 0.6) is 0 Å². The maximum absolute atomic E-state index is 13.5. The molecule has 0 aromatic heterocycles. The van der Waals surface area contributed by atoms with Crippen LogP contribution in [0.15, 0.2) is 54.6 Å². The average molecular weight is 528 g/mol. The number of hydrogen-bond donors (Lipinski definition) is 2. The van der Waals surface area contributed by atoms with Crippen LogP contribution in [-0.4, -0.2) is 36.3 Å². The van der Waals surface area contributed by atoms with Crippen LogP contribution in [0.4, 0.5) is 5.69 Å². The Morgan fingerprint density at radius 3 is 2.00 bits per heavy atom. The largest absolute Gasteiger partial charge is 0.385 e. The van der Waals surface area contributed by atoms with Crippen LogP contribution in [0.2, 0.25) is 0 Å². The number of anilines is 1. The SMILES string of the molecule is CCCCCN1C(=O)c2ccc3c4cccc5c(NCCCCCN)ccc(c6ccc(c2c36)C1=O)c54.Cl. The molecule has 0 saturated heterocycles. The van der Waals surface area contributed by atoms with E-state index in [1.165, 1.54) is 15.7 Å². The van der Waals surface area contributed by atoms with E-state index in [9.17, 15) is 9.59 Å². The second-order valence-electron chi connectivity index (χ2n) is 10.2. The second-order valence-corrected chi connectivity index (χ2v) is 10.2. The molecule has 0 bridgehead atoms. The summed E-state index contributed by atoms with van der Waals surface area (Å²) >= 11 is 0. The van der Waals surface area contributed by atoms with Gasteiger partial charge in [0, 0.05) is 40.7 Å². The number of hydrogen-bond acceptors (Lipinski definition) is 4. The van der Waals surface area contributed by atoms with Crippen LogP contribution in [0.3, 0.4) is 0 Å². The van der Waals surface area contributed by atoms with Crippen molar-refractivity contribution < 1.29 is 9.59 Å². The first-order valence-electron chi connectivity index (χ1n) is 13.6. The standard InChI is InChI=1S/C32H33N3O2.ClH/c1-2-3-7-19-35-31(36)25-13-11-22-20-9-8-10-24-27(34-18-6-4-5-17-33)16-15-21(28(20)24)23-12-14-26(32(35)37)30(25)29(22)23;/h8-16,34H,2-7,17-19,33H2,1H3;1H. The van der Waals surface area contributed by atoms with Crippen LogP contribution >= 0.6 is 12.4 Å². The smallest absolute Gasteiger partial charge is 0.261 e. The minimum atomic E-state index is -0.171. The van der Waals surface area contributed by atoms with Gasteiger partial charge < -0.3 is 11.1 Å². The summed E-state index contributed by atoms with van der Waals surface area (Å²) in [6, 6.07) is 18.8. The van der Waals surface area contributed by atoms with Crippen LogP contribution in [0.1, 0.15) is 66.2 Å². The number of amides is 2. The second kappa shape index (κ2) is 10.8. The van der Waals surface area contributed by atoms with Gasteiger partial charge in [-0.3, -0.25) is 14.5 Å². The highest BCUT2D eigenvalue weighted by Gasteiger charge is 2.33. The molecule has 0 atom stereocenters. The predicted octanol–water partition coefficient (Wildman–Crippen LogP) is 7.49. The van der Waals surface area contributed by atoms with Gasteiger partial charge in [0.25, 0.3) is 11.8 Å². The summed E-state index contributed by atoms with van der Waals surface area (Å²) in [4.78, 5) is 28.4. The molecule has 1 heterocycles. The average Bonchev–Trinajstić information content (AvgIpc) is 2.92. The van der Waals surface area contributed by atoms with Gasteiger partial charge in [-0.15, -0.1) is 12.4 Å². The van der Waals surface area contributed by atoms with Crippen molar-refractivity contribution in [2.24, 2.45) is 5.73 Å². The third-order valence-electron chi connectivity index (χ3n) is 7.91. The number of nitrogens with two attached hydrogens (primary N) is 1. The summed E-state index contributed by atoms with van der Waals surface area (Å²) < 4.78 is 0. The number of imide groups is 1. The topological polar surface area (TPSA) is 75.4 Å². The van der Waals surface area contributed by atoms with Crippen molar-refractivity contribution in [3.05, 3.63) is 65.7 Å². The number of unbranched alkanes of at least 4 members (excludes halogenated alkanes) is 4. The first kappa shape index (κ1) is 26.2. The van der Waals surface area contributed by atoms with Gasteiger partial charge in [0.1, 0.15) is 0 Å². The molecule has 3 N–H and O–H groups in total. The normalized spacial score (nSPS) is 13.3. The Balaban J connectivity index is 0.00000294. The molecule has 1 aliphatic heterocycles. The molecule has 0 unspecified atom stereocenters. The Morgan fingerprint density at radius 1 is 0.684 bits per heavy atom. The van der Waals surface area contributed by atoms with Gasteiger partial charge in [-0.05, 0) is 76.3 Å². The molecule has 5 nitrogen and oxygen atoms in total. The first-order chi connectivity index (χ1) is 18.2. The molecular weight excluding hydrogens is 494 g/mol. The molecule has 0 saturated carbocycles. The Labute approximate surface area is 229 Å². The van der Waals surface area contributed by atoms with Gasteiger partial charge in [-0.25, -0.2) is 0 Å².